The first kappa shape index (κ1) is 33.0. The first-order chi connectivity index (χ1) is 16.8. The van der Waals surface area contributed by atoms with Crippen LogP contribution in [0.4, 0.5) is 0 Å². The molecule has 0 aliphatic heterocycles. The van der Waals surface area contributed by atoms with Crippen molar-refractivity contribution in [1.29, 1.82) is 0 Å². The van der Waals surface area contributed by atoms with Crippen LogP contribution in [0.3, 0.4) is 0 Å². The van der Waals surface area contributed by atoms with E-state index in [1.165, 1.54) is 64.2 Å². The zero-order chi connectivity index (χ0) is 24.8. The van der Waals surface area contributed by atoms with Crippen molar-refractivity contribution < 1.29 is 0 Å². The molecule has 10 N–H and O–H groups in total. The molecule has 0 aromatic rings. The van der Waals surface area contributed by atoms with Crippen LogP contribution in [-0.2, 0) is 0 Å². The molecule has 204 valence electrons. The third kappa shape index (κ3) is 31.0. The third-order valence-electron chi connectivity index (χ3n) is 5.68. The smallest absolute Gasteiger partial charge is 0.185 e. The number of aliphatic imine (C=N–C) groups is 1. The molecule has 0 radical (unpaired) electrons. The summed E-state index contributed by atoms with van der Waals surface area (Å²) in [5, 5.41) is 20.6. The molecule has 34 heavy (non-hydrogen) atoms. The molecule has 9 heteroatoms. The Kier molecular flexibility index (Phi) is 29.2. The lowest BCUT2D eigenvalue weighted by molar-refractivity contribution is 0.533. The standard InChI is InChI=1S/C25H59N9/c1-2-3-4-5-6-7-8-9-10-11-12-28-13-14-29-15-16-30-17-18-31-19-20-32-21-22-33-23-24-34-25(26)27/h28-33H,2-24H2,1H3,(H4,26,27,34). The van der Waals surface area contributed by atoms with Gasteiger partial charge in [-0.05, 0) is 13.0 Å². The summed E-state index contributed by atoms with van der Waals surface area (Å²) < 4.78 is 0. The van der Waals surface area contributed by atoms with Crippen molar-refractivity contribution in [3.8, 4) is 0 Å². The van der Waals surface area contributed by atoms with Crippen LogP contribution in [0.1, 0.15) is 71.1 Å². The Morgan fingerprint density at radius 2 is 0.765 bits per heavy atom. The van der Waals surface area contributed by atoms with Crippen molar-refractivity contribution in [2.75, 3.05) is 85.1 Å². The van der Waals surface area contributed by atoms with Crippen LogP contribution in [0.25, 0.3) is 0 Å². The van der Waals surface area contributed by atoms with E-state index in [1.54, 1.807) is 0 Å². The van der Waals surface area contributed by atoms with E-state index in [2.05, 4.69) is 43.8 Å². The maximum absolute atomic E-state index is 5.27. The lowest BCUT2D eigenvalue weighted by Crippen LogP contribution is -2.37. The van der Waals surface area contributed by atoms with Crippen LogP contribution < -0.4 is 43.4 Å². The van der Waals surface area contributed by atoms with E-state index < -0.39 is 0 Å². The van der Waals surface area contributed by atoms with Gasteiger partial charge < -0.3 is 43.4 Å². The summed E-state index contributed by atoms with van der Waals surface area (Å²) in [6.07, 6.45) is 14.0. The zero-order valence-corrected chi connectivity index (χ0v) is 22.4. The average molecular weight is 486 g/mol. The van der Waals surface area contributed by atoms with Gasteiger partial charge in [0.25, 0.3) is 0 Å². The SMILES string of the molecule is CCCCCCCCCCCCNCCNCCNCCNCCNCCNCCN=C(N)N. The van der Waals surface area contributed by atoms with Gasteiger partial charge in [0, 0.05) is 72.0 Å². The molecule has 0 aromatic carbocycles. The van der Waals surface area contributed by atoms with Crippen LogP contribution in [0.15, 0.2) is 4.99 Å². The molecule has 0 fully saturated rings. The van der Waals surface area contributed by atoms with E-state index in [4.69, 9.17) is 11.5 Å². The highest BCUT2D eigenvalue weighted by Crippen LogP contribution is 2.10. The van der Waals surface area contributed by atoms with E-state index in [9.17, 15) is 0 Å². The molecule has 0 atom stereocenters. The van der Waals surface area contributed by atoms with Gasteiger partial charge in [-0.2, -0.15) is 0 Å². The molecule has 0 saturated carbocycles. The highest BCUT2D eigenvalue weighted by molar-refractivity contribution is 5.75. The fourth-order valence-corrected chi connectivity index (χ4v) is 3.64. The van der Waals surface area contributed by atoms with Crippen molar-refractivity contribution >= 4 is 5.96 Å². The number of rotatable bonds is 29. The monoisotopic (exact) mass is 485 g/mol. The van der Waals surface area contributed by atoms with Crippen LogP contribution in [0.2, 0.25) is 0 Å². The predicted octanol–water partition coefficient (Wildman–Crippen LogP) is 0.718. The number of nitrogens with two attached hydrogens (primary N) is 2. The molecular formula is C25H59N9. The summed E-state index contributed by atoms with van der Waals surface area (Å²) in [6.45, 7) is 14.9. The highest BCUT2D eigenvalue weighted by Gasteiger charge is 1.94. The number of nitrogens with one attached hydrogen (secondary N) is 6. The van der Waals surface area contributed by atoms with Gasteiger partial charge in [0.05, 0.1) is 6.54 Å². The third-order valence-corrected chi connectivity index (χ3v) is 5.68. The van der Waals surface area contributed by atoms with E-state index >= 15 is 0 Å². The number of hydrogen-bond donors (Lipinski definition) is 8. The second-order valence-electron chi connectivity index (χ2n) is 8.99. The lowest BCUT2D eigenvalue weighted by Gasteiger charge is -2.09. The Labute approximate surface area is 210 Å². The van der Waals surface area contributed by atoms with Gasteiger partial charge in [-0.1, -0.05) is 64.7 Å². The van der Waals surface area contributed by atoms with Gasteiger partial charge in [0.15, 0.2) is 5.96 Å². The molecule has 0 bridgehead atoms. The maximum Gasteiger partial charge on any atom is 0.185 e. The Bertz CT molecular complexity index is 404. The molecule has 0 rings (SSSR count). The second-order valence-corrected chi connectivity index (χ2v) is 8.99. The van der Waals surface area contributed by atoms with Crippen LogP contribution in [-0.4, -0.2) is 91.0 Å². The Morgan fingerprint density at radius 1 is 0.441 bits per heavy atom. The van der Waals surface area contributed by atoms with Crippen molar-refractivity contribution in [2.45, 2.75) is 71.1 Å². The lowest BCUT2D eigenvalue weighted by atomic mass is 10.1. The summed E-state index contributed by atoms with van der Waals surface area (Å²) in [5.41, 5.74) is 10.5. The molecule has 0 aliphatic rings. The van der Waals surface area contributed by atoms with Crippen molar-refractivity contribution in [1.82, 2.24) is 31.9 Å². The molecule has 0 aromatic heterocycles. The minimum atomic E-state index is 0.152. The van der Waals surface area contributed by atoms with Crippen LogP contribution >= 0.6 is 0 Å². The van der Waals surface area contributed by atoms with Gasteiger partial charge in [-0.15, -0.1) is 0 Å². The molecule has 0 saturated heterocycles. The van der Waals surface area contributed by atoms with E-state index in [0.717, 1.165) is 78.5 Å². The Hall–Kier alpha value is -0.970. The van der Waals surface area contributed by atoms with Crippen molar-refractivity contribution in [3.05, 3.63) is 0 Å². The first-order valence-electron chi connectivity index (χ1n) is 14.1. The Morgan fingerprint density at radius 3 is 1.15 bits per heavy atom. The summed E-state index contributed by atoms with van der Waals surface area (Å²) in [6, 6.07) is 0. The maximum atomic E-state index is 5.27. The summed E-state index contributed by atoms with van der Waals surface area (Å²) >= 11 is 0. The van der Waals surface area contributed by atoms with Crippen LogP contribution in [0.5, 0.6) is 0 Å². The van der Waals surface area contributed by atoms with Crippen molar-refractivity contribution in [3.63, 3.8) is 0 Å². The zero-order valence-electron chi connectivity index (χ0n) is 22.4. The number of hydrogen-bond acceptors (Lipinski definition) is 7. The van der Waals surface area contributed by atoms with Crippen molar-refractivity contribution in [2.24, 2.45) is 16.5 Å². The Balaban J connectivity index is 3.02. The molecule has 0 heterocycles. The van der Waals surface area contributed by atoms with Gasteiger partial charge in [-0.25, -0.2) is 0 Å². The molecular weight excluding hydrogens is 426 g/mol. The number of nitrogens with zero attached hydrogens (tertiary/aromatic N) is 1. The summed E-state index contributed by atoms with van der Waals surface area (Å²) in [4.78, 5) is 3.92. The molecule has 0 amide bonds. The fraction of sp³-hybridized carbons (Fsp3) is 0.960. The summed E-state index contributed by atoms with van der Waals surface area (Å²) in [7, 11) is 0. The molecule has 0 unspecified atom stereocenters. The average Bonchev–Trinajstić information content (AvgIpc) is 2.83. The van der Waals surface area contributed by atoms with Gasteiger partial charge >= 0.3 is 0 Å². The number of guanidine groups is 1. The minimum Gasteiger partial charge on any atom is -0.370 e. The predicted molar refractivity (Wildman–Crippen MR) is 150 cm³/mol. The van der Waals surface area contributed by atoms with E-state index in [0.29, 0.717) is 6.54 Å². The minimum absolute atomic E-state index is 0.152. The molecule has 9 nitrogen and oxygen atoms in total. The quantitative estimate of drug-likeness (QED) is 0.0441. The van der Waals surface area contributed by atoms with E-state index in [-0.39, 0.29) is 5.96 Å². The first-order valence-corrected chi connectivity index (χ1v) is 14.1. The van der Waals surface area contributed by atoms with Gasteiger partial charge in [-0.3, -0.25) is 4.99 Å². The van der Waals surface area contributed by atoms with Gasteiger partial charge in [0.1, 0.15) is 0 Å². The summed E-state index contributed by atoms with van der Waals surface area (Å²) in [5.74, 6) is 0.152. The van der Waals surface area contributed by atoms with E-state index in [1.807, 2.05) is 0 Å². The second kappa shape index (κ2) is 30.1. The number of unbranched alkanes of at least 4 members (excludes halogenated alkanes) is 9. The van der Waals surface area contributed by atoms with Crippen LogP contribution in [0, 0.1) is 0 Å². The fourth-order valence-electron chi connectivity index (χ4n) is 3.64. The topological polar surface area (TPSA) is 137 Å². The normalized spacial score (nSPS) is 11.2. The van der Waals surface area contributed by atoms with Gasteiger partial charge in [0.2, 0.25) is 0 Å². The molecule has 0 aliphatic carbocycles. The highest BCUT2D eigenvalue weighted by atomic mass is 15.0. The largest absolute Gasteiger partial charge is 0.370 e. The molecule has 0 spiro atoms.